The molecule has 0 aliphatic heterocycles. The number of hydrogen-bond acceptors (Lipinski definition) is 5. The van der Waals surface area contributed by atoms with Gasteiger partial charge < -0.3 is 15.0 Å². The van der Waals surface area contributed by atoms with Crippen LogP contribution in [0.15, 0.2) is 30.5 Å². The molecule has 0 radical (unpaired) electrons. The molecule has 2 aromatic heterocycles. The number of carbonyl (C=O) groups excluding carboxylic acids is 2. The summed E-state index contributed by atoms with van der Waals surface area (Å²) in [5.74, 6) is -0.252. The van der Waals surface area contributed by atoms with Crippen LogP contribution in [0.3, 0.4) is 0 Å². The summed E-state index contributed by atoms with van der Waals surface area (Å²) in [7, 11) is 0. The van der Waals surface area contributed by atoms with Crippen LogP contribution in [-0.4, -0.2) is 23.5 Å². The lowest BCUT2D eigenvalue weighted by molar-refractivity contribution is -0.147. The standard InChI is InChI=1S/C23H23N3O3S/c1-14-6-8-17-18(11-24)23(30-20(17)10-14)26-21(27)13-29-22(28)9-7-15-12-25-19-5-3-2-4-16(15)19/h2-5,12,14,25H,6-10,13H2,1H3,(H,26,27)/t14-/m0/s1. The number of H-pyrrole nitrogens is 1. The molecule has 0 bridgehead atoms. The maximum Gasteiger partial charge on any atom is 0.306 e. The molecule has 3 aromatic rings. The SMILES string of the molecule is C[C@H]1CCc2c(sc(NC(=O)COC(=O)CCc3c[nH]c4ccccc34)c2C#N)C1. The number of aromatic amines is 1. The number of hydrogen-bond donors (Lipinski definition) is 2. The van der Waals surface area contributed by atoms with Crippen molar-refractivity contribution in [2.45, 2.75) is 39.0 Å². The van der Waals surface area contributed by atoms with Crippen molar-refractivity contribution in [1.82, 2.24) is 4.98 Å². The van der Waals surface area contributed by atoms with E-state index in [0.29, 0.717) is 22.9 Å². The molecule has 6 nitrogen and oxygen atoms in total. The molecule has 154 valence electrons. The molecule has 4 rings (SSSR count). The van der Waals surface area contributed by atoms with E-state index < -0.39 is 11.9 Å². The normalized spacial score (nSPS) is 15.4. The summed E-state index contributed by atoms with van der Waals surface area (Å²) < 4.78 is 5.14. The average molecular weight is 422 g/mol. The van der Waals surface area contributed by atoms with Crippen LogP contribution in [0.25, 0.3) is 10.9 Å². The summed E-state index contributed by atoms with van der Waals surface area (Å²) in [5, 5.41) is 13.9. The minimum atomic E-state index is -0.421. The number of para-hydroxylation sites is 1. The van der Waals surface area contributed by atoms with Crippen molar-refractivity contribution < 1.29 is 14.3 Å². The summed E-state index contributed by atoms with van der Waals surface area (Å²) in [4.78, 5) is 28.7. The van der Waals surface area contributed by atoms with Crippen molar-refractivity contribution in [3.05, 3.63) is 52.0 Å². The van der Waals surface area contributed by atoms with Crippen LogP contribution in [-0.2, 0) is 33.6 Å². The number of ether oxygens (including phenoxy) is 1. The highest BCUT2D eigenvalue weighted by Gasteiger charge is 2.24. The quantitative estimate of drug-likeness (QED) is 0.579. The molecule has 1 aromatic carbocycles. The van der Waals surface area contributed by atoms with E-state index in [9.17, 15) is 14.9 Å². The number of benzene rings is 1. The van der Waals surface area contributed by atoms with E-state index in [4.69, 9.17) is 4.74 Å². The number of fused-ring (bicyclic) bond motifs is 2. The second kappa shape index (κ2) is 8.72. The van der Waals surface area contributed by atoms with Crippen LogP contribution < -0.4 is 5.32 Å². The van der Waals surface area contributed by atoms with Crippen LogP contribution >= 0.6 is 11.3 Å². The second-order valence-corrected chi connectivity index (χ2v) is 8.84. The number of aromatic nitrogens is 1. The zero-order valence-corrected chi connectivity index (χ0v) is 17.6. The molecule has 0 unspecified atom stereocenters. The first-order valence-electron chi connectivity index (χ1n) is 10.1. The Morgan fingerprint density at radius 2 is 2.20 bits per heavy atom. The van der Waals surface area contributed by atoms with Crippen molar-refractivity contribution in [2.75, 3.05) is 11.9 Å². The molecule has 0 saturated carbocycles. The number of rotatable bonds is 6. The number of nitriles is 1. The van der Waals surface area contributed by atoms with Crippen molar-refractivity contribution in [1.29, 1.82) is 5.26 Å². The molecule has 30 heavy (non-hydrogen) atoms. The molecule has 1 atom stereocenters. The van der Waals surface area contributed by atoms with E-state index in [-0.39, 0.29) is 13.0 Å². The van der Waals surface area contributed by atoms with Gasteiger partial charge in [-0.15, -0.1) is 11.3 Å². The number of amides is 1. The Morgan fingerprint density at radius 3 is 3.03 bits per heavy atom. The topological polar surface area (TPSA) is 95.0 Å². The largest absolute Gasteiger partial charge is 0.456 e. The molecule has 2 N–H and O–H groups in total. The Hall–Kier alpha value is -3.11. The highest BCUT2D eigenvalue weighted by Crippen LogP contribution is 2.39. The smallest absolute Gasteiger partial charge is 0.306 e. The summed E-state index contributed by atoms with van der Waals surface area (Å²) in [6, 6.07) is 10.1. The molecule has 0 saturated heterocycles. The molecule has 2 heterocycles. The van der Waals surface area contributed by atoms with Gasteiger partial charge in [0, 0.05) is 28.4 Å². The highest BCUT2D eigenvalue weighted by molar-refractivity contribution is 7.16. The van der Waals surface area contributed by atoms with Gasteiger partial charge in [0.15, 0.2) is 6.61 Å². The Labute approximate surface area is 178 Å². The molecular weight excluding hydrogens is 398 g/mol. The first kappa shape index (κ1) is 20.2. The van der Waals surface area contributed by atoms with E-state index in [1.807, 2.05) is 30.5 Å². The van der Waals surface area contributed by atoms with Crippen molar-refractivity contribution in [3.63, 3.8) is 0 Å². The van der Waals surface area contributed by atoms with Crippen molar-refractivity contribution in [2.24, 2.45) is 5.92 Å². The minimum Gasteiger partial charge on any atom is -0.456 e. The van der Waals surface area contributed by atoms with Gasteiger partial charge in [-0.25, -0.2) is 0 Å². The van der Waals surface area contributed by atoms with E-state index in [0.717, 1.165) is 41.3 Å². The maximum absolute atomic E-state index is 12.3. The van der Waals surface area contributed by atoms with E-state index in [1.54, 1.807) is 0 Å². The first-order chi connectivity index (χ1) is 14.5. The number of nitrogens with one attached hydrogen (secondary N) is 2. The number of esters is 1. The lowest BCUT2D eigenvalue weighted by Gasteiger charge is -2.17. The van der Waals surface area contributed by atoms with Gasteiger partial charge in [0.1, 0.15) is 11.1 Å². The number of nitrogens with zero attached hydrogens (tertiary/aromatic N) is 1. The van der Waals surface area contributed by atoms with E-state index in [2.05, 4.69) is 23.3 Å². The Morgan fingerprint density at radius 1 is 1.37 bits per heavy atom. The van der Waals surface area contributed by atoms with Crippen molar-refractivity contribution in [3.8, 4) is 6.07 Å². The van der Waals surface area contributed by atoms with Gasteiger partial charge in [0.25, 0.3) is 5.91 Å². The number of thiophene rings is 1. The van der Waals surface area contributed by atoms with Crippen LogP contribution in [0.1, 0.15) is 41.3 Å². The van der Waals surface area contributed by atoms with Gasteiger partial charge in [-0.2, -0.15) is 5.26 Å². The molecule has 0 fully saturated rings. The molecule has 1 aliphatic rings. The Bertz CT molecular complexity index is 1140. The molecular formula is C23H23N3O3S. The lowest BCUT2D eigenvalue weighted by atomic mass is 9.89. The monoisotopic (exact) mass is 421 g/mol. The van der Waals surface area contributed by atoms with Gasteiger partial charge in [0.05, 0.1) is 5.56 Å². The van der Waals surface area contributed by atoms with Gasteiger partial charge in [-0.1, -0.05) is 25.1 Å². The van der Waals surface area contributed by atoms with E-state index >= 15 is 0 Å². The molecule has 1 amide bonds. The second-order valence-electron chi connectivity index (χ2n) is 7.74. The zero-order chi connectivity index (χ0) is 21.1. The summed E-state index contributed by atoms with van der Waals surface area (Å²) in [6.07, 6.45) is 5.50. The summed E-state index contributed by atoms with van der Waals surface area (Å²) in [6.45, 7) is 1.85. The van der Waals surface area contributed by atoms with Gasteiger partial charge in [-0.05, 0) is 48.8 Å². The zero-order valence-electron chi connectivity index (χ0n) is 16.8. The molecule has 0 spiro atoms. The third-order valence-electron chi connectivity index (χ3n) is 5.51. The van der Waals surface area contributed by atoms with Gasteiger partial charge >= 0.3 is 5.97 Å². The van der Waals surface area contributed by atoms with Crippen LogP contribution in [0.4, 0.5) is 5.00 Å². The Balaban J connectivity index is 1.30. The fourth-order valence-electron chi connectivity index (χ4n) is 3.91. The maximum atomic E-state index is 12.3. The van der Waals surface area contributed by atoms with Gasteiger partial charge in [-0.3, -0.25) is 9.59 Å². The van der Waals surface area contributed by atoms with Crippen LogP contribution in [0.5, 0.6) is 0 Å². The number of carbonyl (C=O) groups is 2. The van der Waals surface area contributed by atoms with Gasteiger partial charge in [0.2, 0.25) is 0 Å². The lowest BCUT2D eigenvalue weighted by Crippen LogP contribution is -2.21. The molecule has 1 aliphatic carbocycles. The van der Waals surface area contributed by atoms with E-state index in [1.165, 1.54) is 16.2 Å². The first-order valence-corrected chi connectivity index (χ1v) is 10.9. The summed E-state index contributed by atoms with van der Waals surface area (Å²) >= 11 is 1.46. The Kier molecular flexibility index (Phi) is 5.86. The van der Waals surface area contributed by atoms with Crippen LogP contribution in [0.2, 0.25) is 0 Å². The summed E-state index contributed by atoms with van der Waals surface area (Å²) in [5.41, 5.74) is 3.69. The fourth-order valence-corrected chi connectivity index (χ4v) is 5.29. The van der Waals surface area contributed by atoms with Crippen LogP contribution in [0, 0.1) is 17.2 Å². The predicted octanol–water partition coefficient (Wildman–Crippen LogP) is 4.34. The third kappa shape index (κ3) is 4.24. The number of anilines is 1. The highest BCUT2D eigenvalue weighted by atomic mass is 32.1. The predicted molar refractivity (Wildman–Crippen MR) is 116 cm³/mol. The minimum absolute atomic E-state index is 0.198. The average Bonchev–Trinajstić information content (AvgIpc) is 3.30. The molecule has 7 heteroatoms. The third-order valence-corrected chi connectivity index (χ3v) is 6.68. The van der Waals surface area contributed by atoms with Crippen molar-refractivity contribution >= 4 is 39.1 Å². The number of aryl methyl sites for hydroxylation is 1. The fraction of sp³-hybridized carbons (Fsp3) is 0.348.